The molecular weight excluding hydrogens is 528 g/mol. The number of hydrogen-bond acceptors (Lipinski definition) is 5. The van der Waals surface area contributed by atoms with Gasteiger partial charge in [0, 0.05) is 24.7 Å². The molecule has 2 aliphatic rings. The molecule has 42 heavy (non-hydrogen) atoms. The third kappa shape index (κ3) is 5.99. The largest absolute Gasteiger partial charge is 0.491 e. The minimum atomic E-state index is -0.790. The molecule has 1 fully saturated rings. The first-order chi connectivity index (χ1) is 20.4. The van der Waals surface area contributed by atoms with Crippen molar-refractivity contribution >= 4 is 28.5 Å². The number of rotatable bonds is 3. The summed E-state index contributed by atoms with van der Waals surface area (Å²) in [6.07, 6.45) is 1.11. The summed E-state index contributed by atoms with van der Waals surface area (Å²) in [7, 11) is 0. The molecule has 0 aliphatic carbocycles. The van der Waals surface area contributed by atoms with Crippen molar-refractivity contribution in [2.45, 2.75) is 37.4 Å². The van der Waals surface area contributed by atoms with Crippen LogP contribution in [0.15, 0.2) is 91.0 Å². The number of hydrogen-bond donors (Lipinski definition) is 3. The molecule has 0 aromatic heterocycles. The van der Waals surface area contributed by atoms with Gasteiger partial charge in [0.1, 0.15) is 12.4 Å². The van der Waals surface area contributed by atoms with Gasteiger partial charge in [0.05, 0.1) is 18.5 Å². The van der Waals surface area contributed by atoms with E-state index in [4.69, 9.17) is 10.5 Å². The van der Waals surface area contributed by atoms with Crippen LogP contribution in [0.25, 0.3) is 21.9 Å². The van der Waals surface area contributed by atoms with Gasteiger partial charge in [0.2, 0.25) is 11.8 Å². The van der Waals surface area contributed by atoms with E-state index in [1.807, 2.05) is 84.9 Å². The van der Waals surface area contributed by atoms with Crippen LogP contribution >= 0.6 is 0 Å². The molecular formula is C34H34N4O4. The molecule has 0 radical (unpaired) electrons. The predicted molar refractivity (Wildman–Crippen MR) is 162 cm³/mol. The van der Waals surface area contributed by atoms with Crippen LogP contribution < -0.4 is 21.1 Å². The Morgan fingerprint density at radius 3 is 2.57 bits per heavy atom. The van der Waals surface area contributed by atoms with Crippen molar-refractivity contribution in [1.29, 1.82) is 0 Å². The molecule has 8 heteroatoms. The van der Waals surface area contributed by atoms with E-state index in [1.54, 1.807) is 11.0 Å². The van der Waals surface area contributed by atoms with Gasteiger partial charge >= 0.3 is 0 Å². The second-order valence-electron chi connectivity index (χ2n) is 11.0. The molecule has 2 aliphatic heterocycles. The highest BCUT2D eigenvalue weighted by molar-refractivity contribution is 6.01. The number of carbonyl (C=O) groups is 3. The molecule has 3 amide bonds. The summed E-state index contributed by atoms with van der Waals surface area (Å²) in [5.74, 6) is 0.107. The second-order valence-corrected chi connectivity index (χ2v) is 11.0. The monoisotopic (exact) mass is 562 g/mol. The number of carbonyl (C=O) groups excluding carboxylic acids is 3. The Hall–Kier alpha value is -4.69. The molecule has 0 spiro atoms. The number of amides is 3. The van der Waals surface area contributed by atoms with E-state index < -0.39 is 6.04 Å². The van der Waals surface area contributed by atoms with E-state index in [9.17, 15) is 14.4 Å². The van der Waals surface area contributed by atoms with Crippen molar-refractivity contribution in [2.75, 3.05) is 19.7 Å². The average molecular weight is 563 g/mol. The topological polar surface area (TPSA) is 114 Å². The zero-order valence-electron chi connectivity index (χ0n) is 23.3. The molecule has 1 saturated heterocycles. The quantitative estimate of drug-likeness (QED) is 0.353. The number of nitrogens with zero attached hydrogens (tertiary/aromatic N) is 1. The Morgan fingerprint density at radius 1 is 0.929 bits per heavy atom. The van der Waals surface area contributed by atoms with Gasteiger partial charge in [-0.2, -0.15) is 0 Å². The number of ether oxygens (including phenoxy) is 1. The van der Waals surface area contributed by atoms with Crippen molar-refractivity contribution in [3.63, 3.8) is 0 Å². The fourth-order valence-corrected chi connectivity index (χ4v) is 5.91. The third-order valence-electron chi connectivity index (χ3n) is 8.06. The highest BCUT2D eigenvalue weighted by Crippen LogP contribution is 2.28. The Bertz CT molecular complexity index is 1640. The smallest absolute Gasteiger partial charge is 0.251 e. The Morgan fingerprint density at radius 2 is 1.71 bits per heavy atom. The van der Waals surface area contributed by atoms with Gasteiger partial charge in [-0.1, -0.05) is 72.8 Å². The summed E-state index contributed by atoms with van der Waals surface area (Å²) in [5, 5.41) is 8.27. The zero-order valence-corrected chi connectivity index (χ0v) is 23.3. The minimum absolute atomic E-state index is 0.0928. The van der Waals surface area contributed by atoms with Crippen LogP contribution in [-0.2, 0) is 16.0 Å². The molecule has 3 atom stereocenters. The summed E-state index contributed by atoms with van der Waals surface area (Å²) in [5.41, 5.74) is 9.48. The average Bonchev–Trinajstić information content (AvgIpc) is 3.41. The maximum Gasteiger partial charge on any atom is 0.251 e. The highest BCUT2D eigenvalue weighted by atomic mass is 16.5. The van der Waals surface area contributed by atoms with Crippen LogP contribution in [0.2, 0.25) is 0 Å². The minimum Gasteiger partial charge on any atom is -0.491 e. The molecule has 8 nitrogen and oxygen atoms in total. The van der Waals surface area contributed by atoms with Crippen molar-refractivity contribution < 1.29 is 19.1 Å². The molecule has 4 N–H and O–H groups in total. The second kappa shape index (κ2) is 12.0. The molecule has 214 valence electrons. The van der Waals surface area contributed by atoms with E-state index in [2.05, 4.69) is 10.6 Å². The predicted octanol–water partition coefficient (Wildman–Crippen LogP) is 3.67. The summed E-state index contributed by atoms with van der Waals surface area (Å²) in [4.78, 5) is 41.3. The first-order valence-corrected chi connectivity index (χ1v) is 14.4. The first kappa shape index (κ1) is 27.5. The molecule has 0 unspecified atom stereocenters. The maximum atomic E-state index is 13.5. The van der Waals surface area contributed by atoms with Crippen LogP contribution in [0.3, 0.4) is 0 Å². The molecule has 2 bridgehead atoms. The lowest BCUT2D eigenvalue weighted by atomic mass is 9.99. The summed E-state index contributed by atoms with van der Waals surface area (Å²) in [6, 6.07) is 27.8. The van der Waals surface area contributed by atoms with E-state index in [0.717, 1.165) is 27.5 Å². The van der Waals surface area contributed by atoms with Gasteiger partial charge in [-0.15, -0.1) is 0 Å². The summed E-state index contributed by atoms with van der Waals surface area (Å²) >= 11 is 0. The molecule has 6 rings (SSSR count). The van der Waals surface area contributed by atoms with Crippen LogP contribution in [0.5, 0.6) is 5.75 Å². The fraction of sp³-hybridized carbons (Fsp3) is 0.265. The Kier molecular flexibility index (Phi) is 7.88. The first-order valence-electron chi connectivity index (χ1n) is 14.4. The van der Waals surface area contributed by atoms with E-state index in [-0.39, 0.29) is 49.4 Å². The molecule has 4 aromatic rings. The van der Waals surface area contributed by atoms with E-state index in [1.165, 1.54) is 0 Å². The zero-order chi connectivity index (χ0) is 29.1. The van der Waals surface area contributed by atoms with Crippen molar-refractivity contribution in [3.05, 3.63) is 102 Å². The molecule has 0 saturated carbocycles. The Balaban J connectivity index is 1.19. The summed E-state index contributed by atoms with van der Waals surface area (Å²) in [6.45, 7) is 0.876. The van der Waals surface area contributed by atoms with Crippen molar-refractivity contribution in [2.24, 2.45) is 5.73 Å². The van der Waals surface area contributed by atoms with Crippen molar-refractivity contribution in [1.82, 2.24) is 15.5 Å². The van der Waals surface area contributed by atoms with Crippen LogP contribution in [0.4, 0.5) is 0 Å². The molecule has 4 aromatic carbocycles. The third-order valence-corrected chi connectivity index (χ3v) is 8.06. The fourth-order valence-electron chi connectivity index (χ4n) is 5.91. The standard InChI is InChI=1S/C34H34N4O4/c35-31-14-15-36-33(40)30-11-4-3-10-29(30)25-8-5-9-28(18-25)42-21-27-19-26(20-38(27)34(31)41)37-32(39)17-22-12-13-23-6-1-2-7-24(23)16-22/h1-13,16,18,26-27,31H,14-15,17,19-21,35H2,(H,36,40)(H,37,39)/t26-,27-,31+/m0/s1. The van der Waals surface area contributed by atoms with Crippen molar-refractivity contribution in [3.8, 4) is 16.9 Å². The lowest BCUT2D eigenvalue weighted by Gasteiger charge is -2.27. The molecule has 2 heterocycles. The highest BCUT2D eigenvalue weighted by Gasteiger charge is 2.38. The lowest BCUT2D eigenvalue weighted by molar-refractivity contribution is -0.134. The lowest BCUT2D eigenvalue weighted by Crippen LogP contribution is -2.49. The van der Waals surface area contributed by atoms with Crippen LogP contribution in [-0.4, -0.2) is 60.4 Å². The van der Waals surface area contributed by atoms with Gasteiger partial charge < -0.3 is 26.0 Å². The number of nitrogens with two attached hydrogens (primary N) is 1. The number of fused-ring (bicyclic) bond motifs is 6. The van der Waals surface area contributed by atoms with Crippen LogP contribution in [0, 0.1) is 0 Å². The van der Waals surface area contributed by atoms with Crippen LogP contribution in [0.1, 0.15) is 28.8 Å². The SMILES string of the molecule is N[C@@H]1CCNC(=O)c2ccccc2-c2cccc(c2)OC[C@@H]2C[C@H](NC(=O)Cc3ccc4ccccc4c3)CN2C1=O. The number of benzene rings is 4. The maximum absolute atomic E-state index is 13.5. The normalized spacial score (nSPS) is 20.9. The number of nitrogens with one attached hydrogen (secondary N) is 2. The summed E-state index contributed by atoms with van der Waals surface area (Å²) < 4.78 is 6.20. The van der Waals surface area contributed by atoms with Gasteiger partial charge in [-0.25, -0.2) is 0 Å². The van der Waals surface area contributed by atoms with Gasteiger partial charge in [0.15, 0.2) is 0 Å². The Labute approximate surface area is 244 Å². The van der Waals surface area contributed by atoms with Gasteiger partial charge in [-0.05, 0) is 58.5 Å². The van der Waals surface area contributed by atoms with Gasteiger partial charge in [-0.3, -0.25) is 14.4 Å². The van der Waals surface area contributed by atoms with E-state index >= 15 is 0 Å². The van der Waals surface area contributed by atoms with Gasteiger partial charge in [0.25, 0.3) is 5.91 Å². The van der Waals surface area contributed by atoms with E-state index in [0.29, 0.717) is 30.7 Å².